The molecule has 23 heavy (non-hydrogen) atoms. The Hall–Kier alpha value is -0.240. The molecule has 6 N–H and O–H groups in total. The molecular weight excluding hydrogens is 300 g/mol. The minimum absolute atomic E-state index is 0.192. The van der Waals surface area contributed by atoms with Crippen LogP contribution < -0.4 is 0 Å². The molecule has 0 saturated carbocycles. The average molecular weight is 336 g/mol. The van der Waals surface area contributed by atoms with Gasteiger partial charge in [-0.3, -0.25) is 0 Å². The maximum atomic E-state index is 9.23. The zero-order valence-electron chi connectivity index (χ0n) is 14.3. The minimum Gasteiger partial charge on any atom is -0.396 e. The van der Waals surface area contributed by atoms with Crippen LogP contribution in [-0.4, -0.2) is 70.3 Å². The van der Waals surface area contributed by atoms with E-state index in [4.69, 9.17) is 0 Å². The number of hydrogen-bond acceptors (Lipinski definition) is 6. The molecule has 0 fully saturated rings. The fourth-order valence-electron chi connectivity index (χ4n) is 2.66. The van der Waals surface area contributed by atoms with E-state index in [2.05, 4.69) is 0 Å². The molecule has 0 amide bonds. The minimum atomic E-state index is -0.748. The molecule has 6 heteroatoms. The van der Waals surface area contributed by atoms with Crippen LogP contribution in [0.25, 0.3) is 0 Å². The summed E-state index contributed by atoms with van der Waals surface area (Å²) < 4.78 is 0. The van der Waals surface area contributed by atoms with E-state index in [0.717, 1.165) is 44.9 Å². The predicted octanol–water partition coefficient (Wildman–Crippen LogP) is 0.424. The van der Waals surface area contributed by atoms with Gasteiger partial charge in [0, 0.05) is 10.8 Å². The van der Waals surface area contributed by atoms with Gasteiger partial charge in [-0.1, -0.05) is 44.9 Å². The maximum absolute atomic E-state index is 9.23. The number of rotatable bonds is 16. The number of unbranched alkanes of at least 4 members (excludes halogenated alkanes) is 6. The van der Waals surface area contributed by atoms with Crippen LogP contribution in [0.5, 0.6) is 0 Å². The lowest BCUT2D eigenvalue weighted by Gasteiger charge is -2.27. The number of aliphatic hydroxyl groups is 6. The van der Waals surface area contributed by atoms with Crippen LogP contribution in [0.4, 0.5) is 0 Å². The summed E-state index contributed by atoms with van der Waals surface area (Å²) in [6.45, 7) is -1.15. The van der Waals surface area contributed by atoms with Crippen molar-refractivity contribution >= 4 is 0 Å². The Labute approximate surface area is 139 Å². The molecule has 0 aromatic rings. The third-order valence-electron chi connectivity index (χ3n) is 4.93. The highest BCUT2D eigenvalue weighted by Crippen LogP contribution is 2.25. The molecule has 0 aliphatic heterocycles. The van der Waals surface area contributed by atoms with Crippen molar-refractivity contribution in [1.29, 1.82) is 0 Å². The van der Waals surface area contributed by atoms with Crippen LogP contribution in [0.2, 0.25) is 0 Å². The van der Waals surface area contributed by atoms with Crippen LogP contribution in [0.3, 0.4) is 0 Å². The number of hydrogen-bond donors (Lipinski definition) is 6. The average Bonchev–Trinajstić information content (AvgIpc) is 2.61. The third kappa shape index (κ3) is 8.42. The van der Waals surface area contributed by atoms with Gasteiger partial charge in [0.15, 0.2) is 0 Å². The standard InChI is InChI=1S/C17H36O6/c18-10-16(11-19,12-20)8-6-4-2-1-3-5-7-9-17(13-21,14-22)15-23/h18-23H,1-15H2. The first-order chi connectivity index (χ1) is 11.1. The lowest BCUT2D eigenvalue weighted by atomic mass is 9.84. The fourth-order valence-corrected chi connectivity index (χ4v) is 2.66. The Balaban J connectivity index is 3.64. The summed E-state index contributed by atoms with van der Waals surface area (Å²) in [6.07, 6.45) is 8.27. The van der Waals surface area contributed by atoms with Crippen LogP contribution in [-0.2, 0) is 0 Å². The molecule has 0 radical (unpaired) electrons. The lowest BCUT2D eigenvalue weighted by Crippen LogP contribution is -2.33. The molecule has 140 valence electrons. The highest BCUT2D eigenvalue weighted by molar-refractivity contribution is 4.77. The largest absolute Gasteiger partial charge is 0.396 e. The Kier molecular flexibility index (Phi) is 13.0. The first-order valence-corrected chi connectivity index (χ1v) is 8.73. The van der Waals surface area contributed by atoms with Crippen molar-refractivity contribution in [3.05, 3.63) is 0 Å². The lowest BCUT2D eigenvalue weighted by molar-refractivity contribution is -0.00235. The zero-order valence-corrected chi connectivity index (χ0v) is 14.3. The molecule has 0 aliphatic rings. The van der Waals surface area contributed by atoms with Gasteiger partial charge in [0.25, 0.3) is 0 Å². The second-order valence-corrected chi connectivity index (χ2v) is 6.92. The monoisotopic (exact) mass is 336 g/mol. The van der Waals surface area contributed by atoms with E-state index in [9.17, 15) is 30.6 Å². The van der Waals surface area contributed by atoms with Crippen molar-refractivity contribution in [3.8, 4) is 0 Å². The summed E-state index contributed by atoms with van der Waals surface area (Å²) in [5, 5.41) is 55.4. The van der Waals surface area contributed by atoms with E-state index in [1.807, 2.05) is 0 Å². The van der Waals surface area contributed by atoms with E-state index in [0.29, 0.717) is 12.8 Å². The molecule has 0 bridgehead atoms. The van der Waals surface area contributed by atoms with Crippen molar-refractivity contribution in [1.82, 2.24) is 0 Å². The second kappa shape index (κ2) is 13.1. The van der Waals surface area contributed by atoms with Gasteiger partial charge < -0.3 is 30.6 Å². The van der Waals surface area contributed by atoms with Crippen LogP contribution in [0.1, 0.15) is 57.8 Å². The van der Waals surface area contributed by atoms with Crippen molar-refractivity contribution in [3.63, 3.8) is 0 Å². The fraction of sp³-hybridized carbons (Fsp3) is 1.00. The number of aliphatic hydroxyl groups excluding tert-OH is 6. The summed E-state index contributed by atoms with van der Waals surface area (Å²) >= 11 is 0. The molecule has 0 aromatic heterocycles. The van der Waals surface area contributed by atoms with Crippen LogP contribution in [0.15, 0.2) is 0 Å². The summed E-state index contributed by atoms with van der Waals surface area (Å²) in [6, 6.07) is 0. The van der Waals surface area contributed by atoms with E-state index in [-0.39, 0.29) is 39.6 Å². The second-order valence-electron chi connectivity index (χ2n) is 6.92. The SMILES string of the molecule is OCC(CO)(CO)CCCCCCCCCC(CO)(CO)CO. The van der Waals surface area contributed by atoms with Crippen LogP contribution in [0, 0.1) is 10.8 Å². The first kappa shape index (κ1) is 22.8. The topological polar surface area (TPSA) is 121 Å². The van der Waals surface area contributed by atoms with Gasteiger partial charge in [-0.05, 0) is 12.8 Å². The highest BCUT2D eigenvalue weighted by Gasteiger charge is 2.27. The van der Waals surface area contributed by atoms with E-state index < -0.39 is 10.8 Å². The van der Waals surface area contributed by atoms with Crippen molar-refractivity contribution in [2.75, 3.05) is 39.6 Å². The Morgan fingerprint density at radius 2 is 0.565 bits per heavy atom. The van der Waals surface area contributed by atoms with Crippen molar-refractivity contribution in [2.45, 2.75) is 57.8 Å². The normalized spacial score (nSPS) is 12.8. The van der Waals surface area contributed by atoms with Gasteiger partial charge >= 0.3 is 0 Å². The van der Waals surface area contributed by atoms with Gasteiger partial charge in [-0.15, -0.1) is 0 Å². The van der Waals surface area contributed by atoms with E-state index in [1.54, 1.807) is 0 Å². The summed E-state index contributed by atoms with van der Waals surface area (Å²) in [7, 11) is 0. The predicted molar refractivity (Wildman–Crippen MR) is 88.9 cm³/mol. The van der Waals surface area contributed by atoms with E-state index in [1.165, 1.54) is 0 Å². The van der Waals surface area contributed by atoms with Crippen molar-refractivity contribution in [2.24, 2.45) is 10.8 Å². The van der Waals surface area contributed by atoms with Gasteiger partial charge in [0.2, 0.25) is 0 Å². The maximum Gasteiger partial charge on any atom is 0.0531 e. The Morgan fingerprint density at radius 3 is 0.783 bits per heavy atom. The smallest absolute Gasteiger partial charge is 0.0531 e. The summed E-state index contributed by atoms with van der Waals surface area (Å²) in [5.74, 6) is 0. The molecule has 0 spiro atoms. The molecule has 0 atom stereocenters. The van der Waals surface area contributed by atoms with E-state index >= 15 is 0 Å². The molecule has 0 saturated heterocycles. The summed E-state index contributed by atoms with van der Waals surface area (Å²) in [4.78, 5) is 0. The third-order valence-corrected chi connectivity index (χ3v) is 4.93. The Bertz CT molecular complexity index is 221. The van der Waals surface area contributed by atoms with Gasteiger partial charge in [-0.25, -0.2) is 0 Å². The molecule has 0 heterocycles. The zero-order chi connectivity index (χ0) is 17.6. The molecule has 0 unspecified atom stereocenters. The molecule has 0 aromatic carbocycles. The highest BCUT2D eigenvalue weighted by atomic mass is 16.3. The first-order valence-electron chi connectivity index (χ1n) is 8.73. The Morgan fingerprint density at radius 1 is 0.348 bits per heavy atom. The van der Waals surface area contributed by atoms with Gasteiger partial charge in [0.1, 0.15) is 0 Å². The summed E-state index contributed by atoms with van der Waals surface area (Å²) in [5.41, 5.74) is -1.50. The molecular formula is C17H36O6. The van der Waals surface area contributed by atoms with Crippen molar-refractivity contribution < 1.29 is 30.6 Å². The van der Waals surface area contributed by atoms with Gasteiger partial charge in [-0.2, -0.15) is 0 Å². The van der Waals surface area contributed by atoms with Crippen LogP contribution >= 0.6 is 0 Å². The molecule has 0 aliphatic carbocycles. The molecule has 6 nitrogen and oxygen atoms in total. The molecule has 0 rings (SSSR count). The van der Waals surface area contributed by atoms with Gasteiger partial charge in [0.05, 0.1) is 39.6 Å². The quantitative estimate of drug-likeness (QED) is 0.227.